The average molecular weight is 285 g/mol. The Bertz CT molecular complexity index is 572. The number of allylic oxidation sites excluding steroid dienone is 2. The van der Waals surface area contributed by atoms with Gasteiger partial charge in [-0.2, -0.15) is 0 Å². The lowest BCUT2D eigenvalue weighted by Crippen LogP contribution is -2.26. The number of Topliss-reactive ketones (excluding diaryl/α,β-unsaturated/α-hetero) is 1. The molecule has 0 saturated heterocycles. The van der Waals surface area contributed by atoms with E-state index in [9.17, 15) is 9.59 Å². The third-order valence-corrected chi connectivity index (χ3v) is 3.83. The Hall–Kier alpha value is -1.90. The van der Waals surface area contributed by atoms with Gasteiger partial charge in [0.2, 0.25) is 11.7 Å². The van der Waals surface area contributed by atoms with Crippen LogP contribution in [-0.2, 0) is 4.79 Å². The third kappa shape index (κ3) is 3.41. The molecule has 1 amide bonds. The summed E-state index contributed by atoms with van der Waals surface area (Å²) in [4.78, 5) is 24.5. The fourth-order valence-electron chi connectivity index (χ4n) is 2.64. The van der Waals surface area contributed by atoms with E-state index in [1.807, 2.05) is 24.3 Å². The minimum absolute atomic E-state index is 0.0402. The van der Waals surface area contributed by atoms with E-state index in [4.69, 9.17) is 0 Å². The standard InChI is InChI=1S/C18H23NO2/c1-3-5-9-14-13-10-7-8-11-15(13)18(21)17(14)19-16(20)12-6-4-2/h7-8,10-11H,3-6,9,12H2,1-2H3,(H,19,20,21). The summed E-state index contributed by atoms with van der Waals surface area (Å²) in [7, 11) is 0. The Balaban J connectivity index is 2.26. The summed E-state index contributed by atoms with van der Waals surface area (Å²) in [6.45, 7) is 4.18. The maximum atomic E-state index is 12.5. The van der Waals surface area contributed by atoms with Gasteiger partial charge in [-0.05, 0) is 30.4 Å². The molecular weight excluding hydrogens is 262 g/mol. The van der Waals surface area contributed by atoms with Gasteiger partial charge < -0.3 is 5.32 Å². The third-order valence-electron chi connectivity index (χ3n) is 3.83. The van der Waals surface area contributed by atoms with Crippen LogP contribution in [0.1, 0.15) is 68.3 Å². The zero-order chi connectivity index (χ0) is 15.2. The van der Waals surface area contributed by atoms with Crippen molar-refractivity contribution in [2.45, 2.75) is 52.4 Å². The highest BCUT2D eigenvalue weighted by Gasteiger charge is 2.29. The van der Waals surface area contributed by atoms with E-state index in [0.29, 0.717) is 12.1 Å². The van der Waals surface area contributed by atoms with Gasteiger partial charge >= 0.3 is 0 Å². The molecule has 3 nitrogen and oxygen atoms in total. The molecule has 0 saturated carbocycles. The molecule has 0 bridgehead atoms. The SMILES string of the molecule is CCCCC(=O)NC1=C(CCCC)c2ccccc2C1=O. The first-order chi connectivity index (χ1) is 10.2. The Labute approximate surface area is 126 Å². The van der Waals surface area contributed by atoms with Gasteiger partial charge in [0, 0.05) is 12.0 Å². The number of carbonyl (C=O) groups is 2. The Kier molecular flexibility index (Phi) is 5.32. The van der Waals surface area contributed by atoms with Crippen LogP contribution in [0.5, 0.6) is 0 Å². The zero-order valence-corrected chi connectivity index (χ0v) is 12.9. The largest absolute Gasteiger partial charge is 0.323 e. The van der Waals surface area contributed by atoms with Crippen LogP contribution in [0.15, 0.2) is 30.0 Å². The normalized spacial score (nSPS) is 13.5. The number of carbonyl (C=O) groups excluding carboxylic acids is 2. The molecule has 1 aromatic carbocycles. The molecule has 112 valence electrons. The number of hydrogen-bond donors (Lipinski definition) is 1. The van der Waals surface area contributed by atoms with Crippen molar-refractivity contribution in [1.82, 2.24) is 5.32 Å². The highest BCUT2D eigenvalue weighted by molar-refractivity contribution is 6.21. The second kappa shape index (κ2) is 7.21. The van der Waals surface area contributed by atoms with Crippen LogP contribution in [0, 0.1) is 0 Å². The second-order valence-electron chi connectivity index (χ2n) is 5.48. The smallest absolute Gasteiger partial charge is 0.224 e. The Morgan fingerprint density at radius 2 is 1.71 bits per heavy atom. The fraction of sp³-hybridized carbons (Fsp3) is 0.444. The van der Waals surface area contributed by atoms with Crippen molar-refractivity contribution in [3.05, 3.63) is 41.1 Å². The molecule has 0 atom stereocenters. The molecule has 0 unspecified atom stereocenters. The monoisotopic (exact) mass is 285 g/mol. The molecule has 0 aliphatic heterocycles. The van der Waals surface area contributed by atoms with Gasteiger partial charge in [-0.1, -0.05) is 51.0 Å². The quantitative estimate of drug-likeness (QED) is 0.820. The van der Waals surface area contributed by atoms with Gasteiger partial charge in [0.05, 0.1) is 5.70 Å². The Morgan fingerprint density at radius 3 is 2.38 bits per heavy atom. The fourth-order valence-corrected chi connectivity index (χ4v) is 2.64. The van der Waals surface area contributed by atoms with Crippen molar-refractivity contribution in [3.63, 3.8) is 0 Å². The van der Waals surface area contributed by atoms with Crippen LogP contribution < -0.4 is 5.32 Å². The van der Waals surface area contributed by atoms with Gasteiger partial charge in [0.25, 0.3) is 0 Å². The molecule has 21 heavy (non-hydrogen) atoms. The lowest BCUT2D eigenvalue weighted by molar-refractivity contribution is -0.120. The van der Waals surface area contributed by atoms with E-state index >= 15 is 0 Å². The van der Waals surface area contributed by atoms with Crippen molar-refractivity contribution in [1.29, 1.82) is 0 Å². The maximum absolute atomic E-state index is 12.5. The summed E-state index contributed by atoms with van der Waals surface area (Å²) in [5.74, 6) is -0.0939. The van der Waals surface area contributed by atoms with Gasteiger partial charge in [-0.15, -0.1) is 0 Å². The molecular formula is C18H23NO2. The number of rotatable bonds is 7. The lowest BCUT2D eigenvalue weighted by Gasteiger charge is -2.08. The number of unbranched alkanes of at least 4 members (excludes halogenated alkanes) is 2. The van der Waals surface area contributed by atoms with Crippen LogP contribution in [0.4, 0.5) is 0 Å². The molecule has 0 fully saturated rings. The minimum Gasteiger partial charge on any atom is -0.323 e. The highest BCUT2D eigenvalue weighted by Crippen LogP contribution is 2.34. The van der Waals surface area contributed by atoms with E-state index in [-0.39, 0.29) is 11.7 Å². The van der Waals surface area contributed by atoms with Crippen LogP contribution in [0.2, 0.25) is 0 Å². The van der Waals surface area contributed by atoms with Crippen molar-refractivity contribution < 1.29 is 9.59 Å². The number of ketones is 1. The molecule has 1 N–H and O–H groups in total. The molecule has 0 heterocycles. The first kappa shape index (κ1) is 15.5. The van der Waals surface area contributed by atoms with Gasteiger partial charge in [0.15, 0.2) is 0 Å². The van der Waals surface area contributed by atoms with Crippen molar-refractivity contribution in [3.8, 4) is 0 Å². The van der Waals surface area contributed by atoms with Crippen LogP contribution in [0.25, 0.3) is 5.57 Å². The lowest BCUT2D eigenvalue weighted by atomic mass is 10.0. The summed E-state index contributed by atoms with van der Waals surface area (Å²) in [6, 6.07) is 7.63. The molecule has 0 spiro atoms. The molecule has 3 heteroatoms. The number of nitrogens with one attached hydrogen (secondary N) is 1. The van der Waals surface area contributed by atoms with Crippen LogP contribution >= 0.6 is 0 Å². The van der Waals surface area contributed by atoms with E-state index in [0.717, 1.165) is 48.8 Å². The number of benzene rings is 1. The first-order valence-corrected chi connectivity index (χ1v) is 7.86. The summed E-state index contributed by atoms with van der Waals surface area (Å²) < 4.78 is 0. The number of fused-ring (bicyclic) bond motifs is 1. The predicted octanol–water partition coefficient (Wildman–Crippen LogP) is 4.09. The van der Waals surface area contributed by atoms with E-state index < -0.39 is 0 Å². The predicted molar refractivity (Wildman–Crippen MR) is 84.9 cm³/mol. The van der Waals surface area contributed by atoms with Crippen molar-refractivity contribution in [2.75, 3.05) is 0 Å². The first-order valence-electron chi connectivity index (χ1n) is 7.86. The highest BCUT2D eigenvalue weighted by atomic mass is 16.2. The van der Waals surface area contributed by atoms with Gasteiger partial charge in [-0.25, -0.2) is 0 Å². The number of amides is 1. The average Bonchev–Trinajstić information content (AvgIpc) is 2.76. The molecule has 2 rings (SSSR count). The summed E-state index contributed by atoms with van der Waals surface area (Å²) >= 11 is 0. The van der Waals surface area contributed by atoms with Gasteiger partial charge in [-0.3, -0.25) is 9.59 Å². The molecule has 1 aliphatic carbocycles. The van der Waals surface area contributed by atoms with E-state index in [2.05, 4.69) is 19.2 Å². The maximum Gasteiger partial charge on any atom is 0.224 e. The topological polar surface area (TPSA) is 46.2 Å². The Morgan fingerprint density at radius 1 is 1.05 bits per heavy atom. The molecule has 1 aliphatic rings. The van der Waals surface area contributed by atoms with Gasteiger partial charge in [0.1, 0.15) is 0 Å². The zero-order valence-electron chi connectivity index (χ0n) is 12.9. The van der Waals surface area contributed by atoms with Crippen molar-refractivity contribution in [2.24, 2.45) is 0 Å². The van der Waals surface area contributed by atoms with Crippen LogP contribution in [-0.4, -0.2) is 11.7 Å². The summed E-state index contributed by atoms with van der Waals surface area (Å²) in [5.41, 5.74) is 3.21. The molecule has 0 aromatic heterocycles. The van der Waals surface area contributed by atoms with E-state index in [1.165, 1.54) is 0 Å². The van der Waals surface area contributed by atoms with Crippen LogP contribution in [0.3, 0.4) is 0 Å². The summed E-state index contributed by atoms with van der Waals surface area (Å²) in [5, 5.41) is 2.86. The minimum atomic E-state index is -0.0537. The van der Waals surface area contributed by atoms with E-state index in [1.54, 1.807) is 0 Å². The molecule has 0 radical (unpaired) electrons. The molecule has 1 aromatic rings. The number of hydrogen-bond acceptors (Lipinski definition) is 2. The second-order valence-corrected chi connectivity index (χ2v) is 5.48. The summed E-state index contributed by atoms with van der Waals surface area (Å²) in [6.07, 6.45) is 5.23. The van der Waals surface area contributed by atoms with Crippen molar-refractivity contribution >= 4 is 17.3 Å².